The highest BCUT2D eigenvalue weighted by molar-refractivity contribution is 7.91. The summed E-state index contributed by atoms with van der Waals surface area (Å²) in [6.07, 6.45) is 0. The molecular formula is C20H25NO5S. The van der Waals surface area contributed by atoms with Gasteiger partial charge in [-0.05, 0) is 35.2 Å². The summed E-state index contributed by atoms with van der Waals surface area (Å²) in [5, 5.41) is 12.4. The van der Waals surface area contributed by atoms with E-state index in [-0.39, 0.29) is 34.1 Å². The van der Waals surface area contributed by atoms with Gasteiger partial charge in [-0.25, -0.2) is 8.42 Å². The number of carbonyl (C=O) groups excluding carboxylic acids is 1. The molecule has 2 N–H and O–H groups in total. The Morgan fingerprint density at radius 1 is 1.15 bits per heavy atom. The van der Waals surface area contributed by atoms with Gasteiger partial charge in [-0.15, -0.1) is 0 Å². The maximum atomic E-state index is 12.2. The highest BCUT2D eigenvalue weighted by Gasteiger charge is 2.19. The van der Waals surface area contributed by atoms with Gasteiger partial charge in [0.15, 0.2) is 16.4 Å². The number of benzene rings is 2. The van der Waals surface area contributed by atoms with Crippen LogP contribution in [0.2, 0.25) is 0 Å². The Morgan fingerprint density at radius 3 is 2.44 bits per heavy atom. The number of hydrogen-bond donors (Lipinski definition) is 2. The number of phenolic OH excluding ortho intramolecular Hbond substituents is 1. The molecule has 2 aromatic rings. The van der Waals surface area contributed by atoms with Gasteiger partial charge in [-0.3, -0.25) is 4.79 Å². The van der Waals surface area contributed by atoms with Gasteiger partial charge in [-0.2, -0.15) is 0 Å². The van der Waals surface area contributed by atoms with Crippen molar-refractivity contribution in [2.45, 2.75) is 38.0 Å². The first-order valence-electron chi connectivity index (χ1n) is 8.62. The zero-order valence-electron chi connectivity index (χ0n) is 15.9. The molecule has 0 aromatic heterocycles. The second kappa shape index (κ2) is 8.00. The Bertz CT molecular complexity index is 930. The molecule has 0 radical (unpaired) electrons. The van der Waals surface area contributed by atoms with E-state index in [0.717, 1.165) is 5.56 Å². The lowest BCUT2D eigenvalue weighted by atomic mass is 9.86. The fraction of sp³-hybridized carbons (Fsp3) is 0.350. The van der Waals surface area contributed by atoms with Gasteiger partial charge in [0.05, 0.1) is 16.3 Å². The molecule has 0 atom stereocenters. The SMILES string of the molecule is CCS(=O)(=O)c1ccc(O)c(NC(=O)COc2ccccc2C(C)(C)C)c1. The van der Waals surface area contributed by atoms with Crippen molar-refractivity contribution in [2.24, 2.45) is 0 Å². The second-order valence-electron chi connectivity index (χ2n) is 7.17. The van der Waals surface area contributed by atoms with E-state index < -0.39 is 15.7 Å². The largest absolute Gasteiger partial charge is 0.506 e. The lowest BCUT2D eigenvalue weighted by Crippen LogP contribution is -2.22. The van der Waals surface area contributed by atoms with Crippen molar-refractivity contribution < 1.29 is 23.1 Å². The average molecular weight is 391 g/mol. The number of amides is 1. The number of hydrogen-bond acceptors (Lipinski definition) is 5. The number of phenols is 1. The monoisotopic (exact) mass is 391 g/mol. The number of rotatable bonds is 6. The molecule has 0 spiro atoms. The average Bonchev–Trinajstić information content (AvgIpc) is 2.61. The normalized spacial score (nSPS) is 11.9. The van der Waals surface area contributed by atoms with Crippen molar-refractivity contribution in [3.05, 3.63) is 48.0 Å². The van der Waals surface area contributed by atoms with Gasteiger partial charge in [-0.1, -0.05) is 45.9 Å². The number of aromatic hydroxyl groups is 1. The number of anilines is 1. The van der Waals surface area contributed by atoms with E-state index in [2.05, 4.69) is 5.32 Å². The van der Waals surface area contributed by atoms with Crippen molar-refractivity contribution in [1.29, 1.82) is 0 Å². The Balaban J connectivity index is 2.13. The predicted octanol–water partition coefficient (Wildman–Crippen LogP) is 3.50. The minimum atomic E-state index is -3.44. The molecule has 7 heteroatoms. The number of ether oxygens (including phenoxy) is 1. The molecular weight excluding hydrogens is 366 g/mol. The third kappa shape index (κ3) is 5.23. The minimum Gasteiger partial charge on any atom is -0.506 e. The summed E-state index contributed by atoms with van der Waals surface area (Å²) < 4.78 is 29.6. The van der Waals surface area contributed by atoms with E-state index in [1.807, 2.05) is 39.0 Å². The molecule has 2 rings (SSSR count). The summed E-state index contributed by atoms with van der Waals surface area (Å²) in [6, 6.07) is 11.3. The van der Waals surface area contributed by atoms with Crippen LogP contribution in [0.25, 0.3) is 0 Å². The lowest BCUT2D eigenvalue weighted by molar-refractivity contribution is -0.118. The Morgan fingerprint density at radius 2 is 1.81 bits per heavy atom. The van der Waals surface area contributed by atoms with Crippen LogP contribution in [0.4, 0.5) is 5.69 Å². The van der Waals surface area contributed by atoms with Gasteiger partial charge in [0.25, 0.3) is 5.91 Å². The van der Waals surface area contributed by atoms with Crippen molar-refractivity contribution in [3.63, 3.8) is 0 Å². The van der Waals surface area contributed by atoms with Crippen molar-refractivity contribution in [3.8, 4) is 11.5 Å². The summed E-state index contributed by atoms with van der Waals surface area (Å²) in [6.45, 7) is 7.41. The zero-order chi connectivity index (χ0) is 20.2. The van der Waals surface area contributed by atoms with Crippen molar-refractivity contribution in [2.75, 3.05) is 17.7 Å². The molecule has 0 saturated carbocycles. The molecule has 2 aromatic carbocycles. The first-order chi connectivity index (χ1) is 12.5. The van der Waals surface area contributed by atoms with Crippen LogP contribution in [-0.4, -0.2) is 31.8 Å². The molecule has 0 aliphatic heterocycles. The van der Waals surface area contributed by atoms with E-state index in [1.54, 1.807) is 6.07 Å². The van der Waals surface area contributed by atoms with Gasteiger partial charge in [0, 0.05) is 0 Å². The topological polar surface area (TPSA) is 92.7 Å². The van der Waals surface area contributed by atoms with Crippen LogP contribution in [0.3, 0.4) is 0 Å². The van der Waals surface area contributed by atoms with Crippen LogP contribution in [-0.2, 0) is 20.0 Å². The summed E-state index contributed by atoms with van der Waals surface area (Å²) in [7, 11) is -3.44. The number of carbonyl (C=O) groups is 1. The fourth-order valence-electron chi connectivity index (χ4n) is 2.52. The molecule has 27 heavy (non-hydrogen) atoms. The highest BCUT2D eigenvalue weighted by atomic mass is 32.2. The standard InChI is InChI=1S/C20H25NO5S/c1-5-27(24,25)14-10-11-17(22)16(12-14)21-19(23)13-26-18-9-7-6-8-15(18)20(2,3)4/h6-12,22H,5,13H2,1-4H3,(H,21,23). The first-order valence-corrected chi connectivity index (χ1v) is 10.3. The molecule has 0 fully saturated rings. The predicted molar refractivity (Wildman–Crippen MR) is 105 cm³/mol. The van der Waals surface area contributed by atoms with E-state index >= 15 is 0 Å². The summed E-state index contributed by atoms with van der Waals surface area (Å²) >= 11 is 0. The van der Waals surface area contributed by atoms with E-state index in [4.69, 9.17) is 4.74 Å². The highest BCUT2D eigenvalue weighted by Crippen LogP contribution is 2.31. The van der Waals surface area contributed by atoms with Crippen LogP contribution < -0.4 is 10.1 Å². The quantitative estimate of drug-likeness (QED) is 0.735. The molecule has 146 valence electrons. The maximum absolute atomic E-state index is 12.2. The van der Waals surface area contributed by atoms with Crippen molar-refractivity contribution >= 4 is 21.4 Å². The second-order valence-corrected chi connectivity index (χ2v) is 9.44. The molecule has 0 bridgehead atoms. The zero-order valence-corrected chi connectivity index (χ0v) is 16.8. The van der Waals surface area contributed by atoms with Crippen molar-refractivity contribution in [1.82, 2.24) is 0 Å². The molecule has 0 saturated heterocycles. The first kappa shape index (κ1) is 20.8. The van der Waals surface area contributed by atoms with Crippen LogP contribution >= 0.6 is 0 Å². The smallest absolute Gasteiger partial charge is 0.262 e. The molecule has 0 unspecified atom stereocenters. The van der Waals surface area contributed by atoms with Gasteiger partial charge in [0.1, 0.15) is 11.5 Å². The molecule has 1 amide bonds. The minimum absolute atomic E-state index is 0.0298. The summed E-state index contributed by atoms with van der Waals surface area (Å²) in [4.78, 5) is 12.3. The Kier molecular flexibility index (Phi) is 6.15. The molecule has 0 heterocycles. The summed E-state index contributed by atoms with van der Waals surface area (Å²) in [5.41, 5.74) is 0.854. The molecule has 0 aliphatic rings. The van der Waals surface area contributed by atoms with E-state index in [1.165, 1.54) is 25.1 Å². The molecule has 6 nitrogen and oxygen atoms in total. The van der Waals surface area contributed by atoms with Gasteiger partial charge in [0.2, 0.25) is 0 Å². The number of sulfone groups is 1. The van der Waals surface area contributed by atoms with Gasteiger partial charge < -0.3 is 15.2 Å². The van der Waals surface area contributed by atoms with E-state index in [9.17, 15) is 18.3 Å². The van der Waals surface area contributed by atoms with Crippen LogP contribution in [0, 0.1) is 0 Å². The maximum Gasteiger partial charge on any atom is 0.262 e. The van der Waals surface area contributed by atoms with Crippen LogP contribution in [0.1, 0.15) is 33.3 Å². The van der Waals surface area contributed by atoms with E-state index in [0.29, 0.717) is 5.75 Å². The number of para-hydroxylation sites is 1. The van der Waals surface area contributed by atoms with Crippen LogP contribution in [0.15, 0.2) is 47.4 Å². The third-order valence-corrected chi connectivity index (χ3v) is 5.77. The fourth-order valence-corrected chi connectivity index (χ4v) is 3.42. The third-order valence-electron chi connectivity index (χ3n) is 4.04. The Labute approximate surface area is 160 Å². The summed E-state index contributed by atoms with van der Waals surface area (Å²) in [5.74, 6) is -0.182. The van der Waals surface area contributed by atoms with Gasteiger partial charge >= 0.3 is 0 Å². The Hall–Kier alpha value is -2.54. The lowest BCUT2D eigenvalue weighted by Gasteiger charge is -2.22. The number of nitrogens with one attached hydrogen (secondary N) is 1. The molecule has 0 aliphatic carbocycles. The van der Waals surface area contributed by atoms with Crippen LogP contribution in [0.5, 0.6) is 11.5 Å².